The number of hydrogen-bond acceptors (Lipinski definition) is 2. The molecule has 0 saturated heterocycles. The van der Waals surface area contributed by atoms with E-state index in [0.717, 1.165) is 36.1 Å². The van der Waals surface area contributed by atoms with Crippen LogP contribution in [0, 0.1) is 12.8 Å². The molecule has 0 atom stereocenters. The van der Waals surface area contributed by atoms with E-state index in [1.54, 1.807) is 0 Å². The highest BCUT2D eigenvalue weighted by atomic mass is 35.5. The predicted molar refractivity (Wildman–Crippen MR) is 80.5 cm³/mol. The van der Waals surface area contributed by atoms with Crippen LogP contribution in [0.3, 0.4) is 0 Å². The molecular weight excluding hydrogens is 244 g/mol. The lowest BCUT2D eigenvalue weighted by Gasteiger charge is -2.27. The molecule has 0 aliphatic carbocycles. The van der Waals surface area contributed by atoms with E-state index in [-0.39, 0.29) is 0 Å². The van der Waals surface area contributed by atoms with Crippen molar-refractivity contribution in [1.82, 2.24) is 4.98 Å². The highest BCUT2D eigenvalue weighted by molar-refractivity contribution is 6.17. The molecule has 2 nitrogen and oxygen atoms in total. The summed E-state index contributed by atoms with van der Waals surface area (Å²) in [6.45, 7) is 10.8. The van der Waals surface area contributed by atoms with Crippen LogP contribution in [0.25, 0.3) is 0 Å². The fourth-order valence-electron chi connectivity index (χ4n) is 2.20. The lowest BCUT2D eigenvalue weighted by Crippen LogP contribution is -2.30. The van der Waals surface area contributed by atoms with Crippen molar-refractivity contribution in [2.75, 3.05) is 18.0 Å². The molecule has 0 bridgehead atoms. The number of rotatable bonds is 7. The van der Waals surface area contributed by atoms with Gasteiger partial charge in [0, 0.05) is 24.7 Å². The van der Waals surface area contributed by atoms with Crippen molar-refractivity contribution in [3.05, 3.63) is 23.4 Å². The van der Waals surface area contributed by atoms with E-state index in [1.807, 2.05) is 6.92 Å². The van der Waals surface area contributed by atoms with E-state index in [2.05, 4.69) is 42.8 Å². The highest BCUT2D eigenvalue weighted by Crippen LogP contribution is 2.19. The van der Waals surface area contributed by atoms with Gasteiger partial charge >= 0.3 is 0 Å². The van der Waals surface area contributed by atoms with Gasteiger partial charge in [-0.25, -0.2) is 4.98 Å². The summed E-state index contributed by atoms with van der Waals surface area (Å²) in [5, 5.41) is 0. The molecule has 0 aliphatic heterocycles. The van der Waals surface area contributed by atoms with Gasteiger partial charge in [0.15, 0.2) is 0 Å². The van der Waals surface area contributed by atoms with Gasteiger partial charge in [0.2, 0.25) is 0 Å². The van der Waals surface area contributed by atoms with Gasteiger partial charge in [0.05, 0.1) is 0 Å². The molecule has 102 valence electrons. The van der Waals surface area contributed by atoms with Gasteiger partial charge < -0.3 is 4.90 Å². The average molecular weight is 269 g/mol. The number of halogens is 1. The molecule has 18 heavy (non-hydrogen) atoms. The number of nitrogens with zero attached hydrogens (tertiary/aromatic N) is 2. The van der Waals surface area contributed by atoms with Crippen molar-refractivity contribution in [3.8, 4) is 0 Å². The zero-order valence-electron chi connectivity index (χ0n) is 12.0. The lowest BCUT2D eigenvalue weighted by molar-refractivity contribution is 0.484. The van der Waals surface area contributed by atoms with Crippen LogP contribution in [-0.2, 0) is 5.88 Å². The smallest absolute Gasteiger partial charge is 0.129 e. The van der Waals surface area contributed by atoms with Gasteiger partial charge in [-0.1, -0.05) is 26.7 Å². The second-order valence-corrected chi connectivity index (χ2v) is 5.10. The van der Waals surface area contributed by atoms with Crippen molar-refractivity contribution < 1.29 is 0 Å². The van der Waals surface area contributed by atoms with E-state index < -0.39 is 0 Å². The Morgan fingerprint density at radius 1 is 1.22 bits per heavy atom. The van der Waals surface area contributed by atoms with Crippen LogP contribution in [0.2, 0.25) is 0 Å². The van der Waals surface area contributed by atoms with Crippen LogP contribution in [-0.4, -0.2) is 18.1 Å². The molecule has 0 amide bonds. The third-order valence-electron chi connectivity index (χ3n) is 3.49. The molecule has 0 aliphatic rings. The first-order valence-electron chi connectivity index (χ1n) is 6.92. The van der Waals surface area contributed by atoms with Gasteiger partial charge in [-0.2, -0.15) is 0 Å². The first-order valence-corrected chi connectivity index (χ1v) is 7.46. The quantitative estimate of drug-likeness (QED) is 0.682. The van der Waals surface area contributed by atoms with Crippen LogP contribution in [0.4, 0.5) is 5.82 Å². The van der Waals surface area contributed by atoms with Gasteiger partial charge in [0.1, 0.15) is 5.82 Å². The molecular formula is C15H25ClN2. The maximum atomic E-state index is 5.93. The molecule has 0 saturated carbocycles. The monoisotopic (exact) mass is 268 g/mol. The van der Waals surface area contributed by atoms with Crippen molar-refractivity contribution in [1.29, 1.82) is 0 Å². The number of anilines is 1. The van der Waals surface area contributed by atoms with Gasteiger partial charge in [-0.05, 0) is 37.5 Å². The standard InChI is InChI=1S/C15H25ClN2/c1-5-13(6-2)11-18(7-3)15-9-14(10-16)8-12(4)17-15/h8-9,13H,5-7,10-11H2,1-4H3. The molecule has 0 fully saturated rings. The fraction of sp³-hybridized carbons (Fsp3) is 0.667. The first-order chi connectivity index (χ1) is 8.64. The van der Waals surface area contributed by atoms with E-state index in [4.69, 9.17) is 11.6 Å². The number of hydrogen-bond donors (Lipinski definition) is 0. The van der Waals surface area contributed by atoms with E-state index >= 15 is 0 Å². The zero-order chi connectivity index (χ0) is 13.5. The van der Waals surface area contributed by atoms with Gasteiger partial charge in [0.25, 0.3) is 0 Å². The summed E-state index contributed by atoms with van der Waals surface area (Å²) in [7, 11) is 0. The van der Waals surface area contributed by atoms with E-state index in [9.17, 15) is 0 Å². The predicted octanol–water partition coefficient (Wildman–Crippen LogP) is 4.39. The molecule has 0 spiro atoms. The maximum absolute atomic E-state index is 5.93. The second kappa shape index (κ2) is 7.63. The summed E-state index contributed by atoms with van der Waals surface area (Å²) in [6.07, 6.45) is 2.45. The minimum absolute atomic E-state index is 0.554. The van der Waals surface area contributed by atoms with Crippen LogP contribution in [0.5, 0.6) is 0 Å². The first kappa shape index (κ1) is 15.3. The van der Waals surface area contributed by atoms with E-state index in [1.165, 1.54) is 12.8 Å². The molecule has 1 heterocycles. The Morgan fingerprint density at radius 3 is 2.39 bits per heavy atom. The molecule has 3 heteroatoms. The minimum atomic E-state index is 0.554. The Labute approximate surface area is 116 Å². The lowest BCUT2D eigenvalue weighted by atomic mass is 10.0. The van der Waals surface area contributed by atoms with Crippen LogP contribution < -0.4 is 4.90 Å². The number of pyridine rings is 1. The Bertz CT molecular complexity index is 362. The number of alkyl halides is 1. The fourth-order valence-corrected chi connectivity index (χ4v) is 2.36. The van der Waals surface area contributed by atoms with E-state index in [0.29, 0.717) is 5.88 Å². The SMILES string of the molecule is CCC(CC)CN(CC)c1cc(CCl)cc(C)n1. The van der Waals surface area contributed by atoms with Gasteiger partial charge in [-0.3, -0.25) is 0 Å². The molecule has 1 aromatic rings. The Balaban J connectivity index is 2.90. The molecule has 0 radical (unpaired) electrons. The van der Waals surface area contributed by atoms with Crippen LogP contribution >= 0.6 is 11.6 Å². The largest absolute Gasteiger partial charge is 0.357 e. The summed E-state index contributed by atoms with van der Waals surface area (Å²) in [5.74, 6) is 2.37. The molecule has 0 N–H and O–H groups in total. The summed E-state index contributed by atoms with van der Waals surface area (Å²) in [5.41, 5.74) is 2.20. The summed E-state index contributed by atoms with van der Waals surface area (Å²) in [4.78, 5) is 7.00. The Morgan fingerprint density at radius 2 is 1.89 bits per heavy atom. The highest BCUT2D eigenvalue weighted by Gasteiger charge is 2.12. The van der Waals surface area contributed by atoms with Crippen LogP contribution in [0.1, 0.15) is 44.9 Å². The van der Waals surface area contributed by atoms with Crippen molar-refractivity contribution in [2.45, 2.75) is 46.4 Å². The third-order valence-corrected chi connectivity index (χ3v) is 3.80. The second-order valence-electron chi connectivity index (χ2n) is 4.83. The van der Waals surface area contributed by atoms with Crippen molar-refractivity contribution in [3.63, 3.8) is 0 Å². The number of aromatic nitrogens is 1. The van der Waals surface area contributed by atoms with Gasteiger partial charge in [-0.15, -0.1) is 11.6 Å². The number of aryl methyl sites for hydroxylation is 1. The van der Waals surface area contributed by atoms with Crippen molar-refractivity contribution >= 4 is 17.4 Å². The molecule has 1 aromatic heterocycles. The molecule has 0 aromatic carbocycles. The normalized spacial score (nSPS) is 11.0. The van der Waals surface area contributed by atoms with Crippen molar-refractivity contribution in [2.24, 2.45) is 5.92 Å². The third kappa shape index (κ3) is 4.16. The topological polar surface area (TPSA) is 16.1 Å². The zero-order valence-corrected chi connectivity index (χ0v) is 12.8. The summed E-state index contributed by atoms with van der Waals surface area (Å²) < 4.78 is 0. The minimum Gasteiger partial charge on any atom is -0.357 e. The maximum Gasteiger partial charge on any atom is 0.129 e. The Hall–Kier alpha value is -0.760. The molecule has 0 unspecified atom stereocenters. The Kier molecular flexibility index (Phi) is 6.48. The average Bonchev–Trinajstić information content (AvgIpc) is 2.39. The summed E-state index contributed by atoms with van der Waals surface area (Å²) >= 11 is 5.93. The molecule has 1 rings (SSSR count). The summed E-state index contributed by atoms with van der Waals surface area (Å²) in [6, 6.07) is 4.17. The van der Waals surface area contributed by atoms with Crippen LogP contribution in [0.15, 0.2) is 12.1 Å².